The van der Waals surface area contributed by atoms with Gasteiger partial charge in [-0.1, -0.05) is 0 Å². The second kappa shape index (κ2) is 3.98. The minimum absolute atomic E-state index is 0.341. The summed E-state index contributed by atoms with van der Waals surface area (Å²) in [5, 5.41) is 10.1. The molecule has 1 heterocycles. The zero-order valence-corrected chi connectivity index (χ0v) is 9.10. The summed E-state index contributed by atoms with van der Waals surface area (Å²) in [4.78, 5) is 11.2. The Bertz CT molecular complexity index is 543. The van der Waals surface area contributed by atoms with Gasteiger partial charge in [0.2, 0.25) is 0 Å². The van der Waals surface area contributed by atoms with Gasteiger partial charge in [0.15, 0.2) is 0 Å². The van der Waals surface area contributed by atoms with Crippen LogP contribution in [0.1, 0.15) is 15.9 Å². The lowest BCUT2D eigenvalue weighted by Gasteiger charge is -2.07. The van der Waals surface area contributed by atoms with Crippen LogP contribution in [0.4, 0.5) is 0 Å². The summed E-state index contributed by atoms with van der Waals surface area (Å²) in [5.74, 6) is -0.898. The number of carboxylic acid groups (broad SMARTS) is 1. The molecule has 0 atom stereocenters. The Morgan fingerprint density at radius 1 is 1.50 bits per heavy atom. The Labute approximate surface area is 93.3 Å². The van der Waals surface area contributed by atoms with Crippen molar-refractivity contribution in [1.82, 2.24) is 4.57 Å². The van der Waals surface area contributed by atoms with Gasteiger partial charge in [0.1, 0.15) is 0 Å². The summed E-state index contributed by atoms with van der Waals surface area (Å²) in [6.45, 7) is 3.02. The van der Waals surface area contributed by atoms with Crippen LogP contribution in [0.5, 0.6) is 0 Å². The van der Waals surface area contributed by atoms with Gasteiger partial charge in [-0.15, -0.1) is 0 Å². The minimum atomic E-state index is -0.898. The van der Waals surface area contributed by atoms with Gasteiger partial charge < -0.3 is 15.4 Å². The molecule has 0 saturated carbocycles. The van der Waals surface area contributed by atoms with Crippen LogP contribution in [-0.2, 0) is 6.54 Å². The Kier molecular flexibility index (Phi) is 2.66. The molecule has 0 fully saturated rings. The van der Waals surface area contributed by atoms with E-state index in [2.05, 4.69) is 0 Å². The van der Waals surface area contributed by atoms with Crippen molar-refractivity contribution < 1.29 is 9.90 Å². The third-order valence-electron chi connectivity index (χ3n) is 2.61. The highest BCUT2D eigenvalue weighted by molar-refractivity contribution is 6.02. The largest absolute Gasteiger partial charge is 0.478 e. The van der Waals surface area contributed by atoms with Crippen molar-refractivity contribution in [1.29, 1.82) is 0 Å². The topological polar surface area (TPSA) is 68.2 Å². The summed E-state index contributed by atoms with van der Waals surface area (Å²) in [6.07, 6.45) is 1.88. The standard InChI is InChI=1S/C12H14N2O2/c1-8-6-9-2-4-14(5-3-13)11(9)10(7-8)12(15)16/h2,4,6-7H,3,5,13H2,1H3,(H,15,16). The van der Waals surface area contributed by atoms with Crippen LogP contribution in [0.3, 0.4) is 0 Å². The molecule has 0 spiro atoms. The van der Waals surface area contributed by atoms with Gasteiger partial charge in [-0.2, -0.15) is 0 Å². The highest BCUT2D eigenvalue weighted by Crippen LogP contribution is 2.22. The van der Waals surface area contributed by atoms with Crippen LogP contribution in [0.25, 0.3) is 10.9 Å². The SMILES string of the molecule is Cc1cc(C(=O)O)c2c(ccn2CCN)c1. The number of benzene rings is 1. The first kappa shape index (κ1) is 10.7. The molecule has 2 aromatic rings. The lowest BCUT2D eigenvalue weighted by atomic mass is 10.1. The van der Waals surface area contributed by atoms with E-state index < -0.39 is 5.97 Å². The maximum Gasteiger partial charge on any atom is 0.337 e. The molecule has 3 N–H and O–H groups in total. The number of hydrogen-bond acceptors (Lipinski definition) is 2. The fourth-order valence-corrected chi connectivity index (χ4v) is 1.99. The fourth-order valence-electron chi connectivity index (χ4n) is 1.99. The smallest absolute Gasteiger partial charge is 0.337 e. The normalized spacial score (nSPS) is 10.9. The Hall–Kier alpha value is -1.81. The minimum Gasteiger partial charge on any atom is -0.478 e. The van der Waals surface area contributed by atoms with Crippen molar-refractivity contribution in [3.05, 3.63) is 35.5 Å². The lowest BCUT2D eigenvalue weighted by molar-refractivity contribution is 0.0698. The molecule has 0 unspecified atom stereocenters. The van der Waals surface area contributed by atoms with Gasteiger partial charge in [0, 0.05) is 24.7 Å². The quantitative estimate of drug-likeness (QED) is 0.822. The predicted octanol–water partition coefficient (Wildman–Crippen LogP) is 1.61. The molecule has 0 amide bonds. The molecule has 0 aliphatic rings. The summed E-state index contributed by atoms with van der Waals surface area (Å²) in [6, 6.07) is 5.59. The van der Waals surface area contributed by atoms with Crippen molar-refractivity contribution in [2.45, 2.75) is 13.5 Å². The number of nitrogens with two attached hydrogens (primary N) is 1. The zero-order chi connectivity index (χ0) is 11.7. The van der Waals surface area contributed by atoms with Gasteiger partial charge >= 0.3 is 5.97 Å². The van der Waals surface area contributed by atoms with Gasteiger partial charge in [-0.3, -0.25) is 0 Å². The summed E-state index contributed by atoms with van der Waals surface area (Å²) >= 11 is 0. The van der Waals surface area contributed by atoms with E-state index in [4.69, 9.17) is 5.73 Å². The van der Waals surface area contributed by atoms with E-state index in [0.29, 0.717) is 18.7 Å². The van der Waals surface area contributed by atoms with E-state index in [1.807, 2.05) is 29.8 Å². The molecule has 2 rings (SSSR count). The van der Waals surface area contributed by atoms with Crippen LogP contribution in [-0.4, -0.2) is 22.2 Å². The van der Waals surface area contributed by atoms with Crippen LogP contribution in [0.15, 0.2) is 24.4 Å². The van der Waals surface area contributed by atoms with Gasteiger partial charge in [0.25, 0.3) is 0 Å². The molecule has 16 heavy (non-hydrogen) atoms. The van der Waals surface area contributed by atoms with Crippen molar-refractivity contribution in [3.8, 4) is 0 Å². The first-order valence-corrected chi connectivity index (χ1v) is 5.16. The number of aromatic nitrogens is 1. The molecule has 1 aromatic carbocycles. The maximum absolute atomic E-state index is 11.2. The molecule has 0 saturated heterocycles. The van der Waals surface area contributed by atoms with Crippen molar-refractivity contribution in [2.24, 2.45) is 5.73 Å². The third kappa shape index (κ3) is 1.67. The average molecular weight is 218 g/mol. The monoisotopic (exact) mass is 218 g/mol. The Morgan fingerprint density at radius 2 is 2.25 bits per heavy atom. The van der Waals surface area contributed by atoms with Crippen molar-refractivity contribution in [2.75, 3.05) is 6.54 Å². The first-order valence-electron chi connectivity index (χ1n) is 5.16. The average Bonchev–Trinajstić information content (AvgIpc) is 2.60. The number of aryl methyl sites for hydroxylation is 1. The van der Waals surface area contributed by atoms with E-state index in [1.165, 1.54) is 0 Å². The predicted molar refractivity (Wildman–Crippen MR) is 62.7 cm³/mol. The second-order valence-corrected chi connectivity index (χ2v) is 3.85. The summed E-state index contributed by atoms with van der Waals surface area (Å²) < 4.78 is 1.89. The van der Waals surface area contributed by atoms with E-state index in [0.717, 1.165) is 16.5 Å². The molecule has 0 radical (unpaired) electrons. The van der Waals surface area contributed by atoms with Crippen molar-refractivity contribution in [3.63, 3.8) is 0 Å². The number of aromatic carboxylic acids is 1. The second-order valence-electron chi connectivity index (χ2n) is 3.85. The molecule has 0 aliphatic heterocycles. The van der Waals surface area contributed by atoms with E-state index >= 15 is 0 Å². The molecule has 1 aromatic heterocycles. The third-order valence-corrected chi connectivity index (χ3v) is 2.61. The number of nitrogens with zero attached hydrogens (tertiary/aromatic N) is 1. The van der Waals surface area contributed by atoms with Crippen LogP contribution < -0.4 is 5.73 Å². The maximum atomic E-state index is 11.2. The van der Waals surface area contributed by atoms with Crippen LogP contribution in [0.2, 0.25) is 0 Å². The van der Waals surface area contributed by atoms with Gasteiger partial charge in [-0.05, 0) is 30.7 Å². The number of hydrogen-bond donors (Lipinski definition) is 2. The van der Waals surface area contributed by atoms with Gasteiger partial charge in [0.05, 0.1) is 11.1 Å². The Balaban J connectivity index is 2.74. The number of carbonyl (C=O) groups is 1. The molecule has 0 bridgehead atoms. The molecule has 4 nitrogen and oxygen atoms in total. The fraction of sp³-hybridized carbons (Fsp3) is 0.250. The number of carboxylic acids is 1. The molecular formula is C12H14N2O2. The van der Waals surface area contributed by atoms with Crippen LogP contribution in [0, 0.1) is 6.92 Å². The summed E-state index contributed by atoms with van der Waals surface area (Å²) in [7, 11) is 0. The highest BCUT2D eigenvalue weighted by atomic mass is 16.4. The number of fused-ring (bicyclic) bond motifs is 1. The molecule has 0 aliphatic carbocycles. The zero-order valence-electron chi connectivity index (χ0n) is 9.10. The Morgan fingerprint density at radius 3 is 2.88 bits per heavy atom. The van der Waals surface area contributed by atoms with Crippen LogP contribution >= 0.6 is 0 Å². The summed E-state index contributed by atoms with van der Waals surface area (Å²) in [5.41, 5.74) is 7.55. The van der Waals surface area contributed by atoms with E-state index in [-0.39, 0.29) is 0 Å². The molecule has 84 valence electrons. The van der Waals surface area contributed by atoms with Gasteiger partial charge in [-0.25, -0.2) is 4.79 Å². The highest BCUT2D eigenvalue weighted by Gasteiger charge is 2.12. The lowest BCUT2D eigenvalue weighted by Crippen LogP contribution is -2.10. The molecule has 4 heteroatoms. The molecular weight excluding hydrogens is 204 g/mol. The first-order chi connectivity index (χ1) is 7.63. The number of rotatable bonds is 3. The van der Waals surface area contributed by atoms with E-state index in [1.54, 1.807) is 6.07 Å². The van der Waals surface area contributed by atoms with E-state index in [9.17, 15) is 9.90 Å². The van der Waals surface area contributed by atoms with Crippen molar-refractivity contribution >= 4 is 16.9 Å².